The van der Waals surface area contributed by atoms with Crippen molar-refractivity contribution in [1.82, 2.24) is 4.98 Å². The lowest BCUT2D eigenvalue weighted by atomic mass is 10.2. The van der Waals surface area contributed by atoms with Crippen LogP contribution >= 0.6 is 11.6 Å². The molecule has 0 unspecified atom stereocenters. The van der Waals surface area contributed by atoms with Crippen molar-refractivity contribution in [3.05, 3.63) is 59.8 Å². The maximum atomic E-state index is 12.1. The van der Waals surface area contributed by atoms with E-state index in [4.69, 9.17) is 16.3 Å². The van der Waals surface area contributed by atoms with Gasteiger partial charge in [0.1, 0.15) is 11.3 Å². The van der Waals surface area contributed by atoms with Gasteiger partial charge >= 0.3 is 0 Å². The van der Waals surface area contributed by atoms with E-state index in [9.17, 15) is 13.2 Å². The van der Waals surface area contributed by atoms with Gasteiger partial charge < -0.3 is 10.1 Å². The van der Waals surface area contributed by atoms with Gasteiger partial charge in [-0.25, -0.2) is 8.42 Å². The third-order valence-electron chi connectivity index (χ3n) is 3.58. The van der Waals surface area contributed by atoms with E-state index in [1.165, 1.54) is 12.1 Å². The van der Waals surface area contributed by atoms with Gasteiger partial charge in [0.05, 0.1) is 9.92 Å². The van der Waals surface area contributed by atoms with E-state index in [0.717, 1.165) is 11.6 Å². The first-order valence-electron chi connectivity index (χ1n) is 7.60. The predicted octanol–water partition coefficient (Wildman–Crippen LogP) is 3.31. The standard InChI is InChI=1S/C18H15ClN2O4S/c1-26(23,24)13-5-2-4-12(10-13)21-17(22)11-25-16-8-7-15(19)14-6-3-9-20-18(14)16/h2-10H,11H2,1H3,(H,21,22). The maximum Gasteiger partial charge on any atom is 0.262 e. The molecule has 0 saturated carbocycles. The summed E-state index contributed by atoms with van der Waals surface area (Å²) in [5.41, 5.74) is 0.937. The van der Waals surface area contributed by atoms with Gasteiger partial charge in [-0.3, -0.25) is 9.78 Å². The number of benzene rings is 2. The molecule has 6 nitrogen and oxygen atoms in total. The van der Waals surface area contributed by atoms with Gasteiger partial charge in [-0.1, -0.05) is 17.7 Å². The summed E-state index contributed by atoms with van der Waals surface area (Å²) < 4.78 is 28.7. The van der Waals surface area contributed by atoms with E-state index >= 15 is 0 Å². The van der Waals surface area contributed by atoms with Gasteiger partial charge in [0.15, 0.2) is 16.4 Å². The Bertz CT molecular complexity index is 1080. The van der Waals surface area contributed by atoms with Crippen molar-refractivity contribution in [2.24, 2.45) is 0 Å². The van der Waals surface area contributed by atoms with Crippen LogP contribution in [0.4, 0.5) is 5.69 Å². The number of sulfone groups is 1. The summed E-state index contributed by atoms with van der Waals surface area (Å²) in [5, 5.41) is 3.88. The molecule has 1 N–H and O–H groups in total. The third kappa shape index (κ3) is 4.12. The summed E-state index contributed by atoms with van der Waals surface area (Å²) in [5.74, 6) is 0.0136. The SMILES string of the molecule is CS(=O)(=O)c1cccc(NC(=O)COc2ccc(Cl)c3cccnc23)c1. The fraction of sp³-hybridized carbons (Fsp3) is 0.111. The minimum Gasteiger partial charge on any atom is -0.481 e. The van der Waals surface area contributed by atoms with E-state index in [2.05, 4.69) is 10.3 Å². The minimum absolute atomic E-state index is 0.129. The Morgan fingerprint density at radius 1 is 1.19 bits per heavy atom. The summed E-state index contributed by atoms with van der Waals surface area (Å²) in [6.07, 6.45) is 2.72. The Morgan fingerprint density at radius 2 is 2.00 bits per heavy atom. The highest BCUT2D eigenvalue weighted by Crippen LogP contribution is 2.29. The van der Waals surface area contributed by atoms with Crippen LogP contribution in [0.1, 0.15) is 0 Å². The van der Waals surface area contributed by atoms with Gasteiger partial charge in [0.2, 0.25) is 0 Å². The second kappa shape index (κ2) is 7.31. The average Bonchev–Trinajstić information content (AvgIpc) is 2.61. The minimum atomic E-state index is -3.35. The van der Waals surface area contributed by atoms with Crippen molar-refractivity contribution in [2.75, 3.05) is 18.2 Å². The molecule has 0 fully saturated rings. The molecule has 1 aromatic heterocycles. The van der Waals surface area contributed by atoms with Crippen LogP contribution in [-0.2, 0) is 14.6 Å². The Kier molecular flexibility index (Phi) is 5.11. The van der Waals surface area contributed by atoms with Crippen molar-refractivity contribution < 1.29 is 17.9 Å². The summed E-state index contributed by atoms with van der Waals surface area (Å²) in [4.78, 5) is 16.5. The fourth-order valence-electron chi connectivity index (χ4n) is 2.37. The number of nitrogens with one attached hydrogen (secondary N) is 1. The van der Waals surface area contributed by atoms with Crippen molar-refractivity contribution in [2.45, 2.75) is 4.90 Å². The molecule has 0 aliphatic carbocycles. The number of hydrogen-bond donors (Lipinski definition) is 1. The molecule has 134 valence electrons. The van der Waals surface area contributed by atoms with E-state index in [1.54, 1.807) is 36.5 Å². The molecule has 1 heterocycles. The molecule has 0 saturated heterocycles. The number of rotatable bonds is 5. The van der Waals surface area contributed by atoms with Gasteiger partial charge in [-0.05, 0) is 42.5 Å². The predicted molar refractivity (Wildman–Crippen MR) is 100 cm³/mol. The van der Waals surface area contributed by atoms with Crippen LogP contribution in [0.15, 0.2) is 59.6 Å². The molecule has 0 bridgehead atoms. The van der Waals surface area contributed by atoms with Crippen LogP contribution in [0.5, 0.6) is 5.75 Å². The van der Waals surface area contributed by atoms with Gasteiger partial charge in [0, 0.05) is 23.5 Å². The number of aromatic nitrogens is 1. The number of carbonyl (C=O) groups excluding carboxylic acids is 1. The lowest BCUT2D eigenvalue weighted by Crippen LogP contribution is -2.20. The number of ether oxygens (including phenoxy) is 1. The van der Waals surface area contributed by atoms with E-state index < -0.39 is 15.7 Å². The number of anilines is 1. The molecule has 0 radical (unpaired) electrons. The van der Waals surface area contributed by atoms with E-state index in [1.807, 2.05) is 6.07 Å². The second-order valence-corrected chi connectivity index (χ2v) is 8.00. The highest BCUT2D eigenvalue weighted by atomic mass is 35.5. The molecule has 0 atom stereocenters. The number of carbonyl (C=O) groups is 1. The van der Waals surface area contributed by atoms with Crippen LogP contribution in [0.3, 0.4) is 0 Å². The van der Waals surface area contributed by atoms with Crippen molar-refractivity contribution in [3.63, 3.8) is 0 Å². The Balaban J connectivity index is 1.72. The van der Waals surface area contributed by atoms with Crippen molar-refractivity contribution in [3.8, 4) is 5.75 Å². The van der Waals surface area contributed by atoms with Gasteiger partial charge in [-0.2, -0.15) is 0 Å². The van der Waals surface area contributed by atoms with Gasteiger partial charge in [-0.15, -0.1) is 0 Å². The first-order valence-corrected chi connectivity index (χ1v) is 9.87. The van der Waals surface area contributed by atoms with Crippen molar-refractivity contribution >= 4 is 43.9 Å². The number of pyridine rings is 1. The number of halogens is 1. The molecular formula is C18H15ClN2O4S. The molecule has 8 heteroatoms. The van der Waals surface area contributed by atoms with Crippen LogP contribution < -0.4 is 10.1 Å². The second-order valence-electron chi connectivity index (χ2n) is 5.58. The maximum absolute atomic E-state index is 12.1. The highest BCUT2D eigenvalue weighted by Gasteiger charge is 2.11. The molecular weight excluding hydrogens is 376 g/mol. The first kappa shape index (κ1) is 18.2. The quantitative estimate of drug-likeness (QED) is 0.722. The van der Waals surface area contributed by atoms with E-state index in [0.29, 0.717) is 22.0 Å². The zero-order valence-corrected chi connectivity index (χ0v) is 15.3. The monoisotopic (exact) mass is 390 g/mol. The molecule has 0 aliphatic heterocycles. The molecule has 2 aromatic carbocycles. The Hall–Kier alpha value is -2.64. The summed E-state index contributed by atoms with van der Waals surface area (Å²) in [6.45, 7) is -0.254. The Labute approximate surface area is 155 Å². The summed E-state index contributed by atoms with van der Waals surface area (Å²) >= 11 is 6.13. The van der Waals surface area contributed by atoms with Gasteiger partial charge in [0.25, 0.3) is 5.91 Å². The van der Waals surface area contributed by atoms with Crippen LogP contribution in [0.2, 0.25) is 5.02 Å². The summed E-state index contributed by atoms with van der Waals surface area (Å²) in [6, 6.07) is 12.9. The lowest BCUT2D eigenvalue weighted by molar-refractivity contribution is -0.118. The van der Waals surface area contributed by atoms with E-state index in [-0.39, 0.29) is 11.5 Å². The molecule has 3 aromatic rings. The third-order valence-corrected chi connectivity index (χ3v) is 5.02. The zero-order valence-electron chi connectivity index (χ0n) is 13.8. The number of nitrogens with zero attached hydrogens (tertiary/aromatic N) is 1. The zero-order chi connectivity index (χ0) is 18.7. The molecule has 26 heavy (non-hydrogen) atoms. The number of amides is 1. The Morgan fingerprint density at radius 3 is 2.77 bits per heavy atom. The van der Waals surface area contributed by atoms with Crippen LogP contribution in [0.25, 0.3) is 10.9 Å². The topological polar surface area (TPSA) is 85.4 Å². The number of fused-ring (bicyclic) bond motifs is 1. The lowest BCUT2D eigenvalue weighted by Gasteiger charge is -2.10. The van der Waals surface area contributed by atoms with Crippen LogP contribution in [0, 0.1) is 0 Å². The van der Waals surface area contributed by atoms with Crippen LogP contribution in [-0.4, -0.2) is 32.2 Å². The molecule has 0 spiro atoms. The number of hydrogen-bond acceptors (Lipinski definition) is 5. The molecule has 3 rings (SSSR count). The summed E-state index contributed by atoms with van der Waals surface area (Å²) in [7, 11) is -3.35. The average molecular weight is 391 g/mol. The largest absolute Gasteiger partial charge is 0.481 e. The first-order chi connectivity index (χ1) is 12.3. The smallest absolute Gasteiger partial charge is 0.262 e. The highest BCUT2D eigenvalue weighted by molar-refractivity contribution is 7.90. The fourth-order valence-corrected chi connectivity index (χ4v) is 3.26. The normalized spacial score (nSPS) is 11.3. The van der Waals surface area contributed by atoms with Crippen molar-refractivity contribution in [1.29, 1.82) is 0 Å². The molecule has 1 amide bonds. The molecule has 0 aliphatic rings.